The van der Waals surface area contributed by atoms with Gasteiger partial charge in [-0.1, -0.05) is 25.7 Å². The van der Waals surface area contributed by atoms with Gasteiger partial charge in [0, 0.05) is 23.8 Å². The van der Waals surface area contributed by atoms with Crippen molar-refractivity contribution in [2.24, 2.45) is 16.8 Å². The molecular weight excluding hydrogens is 286 g/mol. The number of hydrogen-bond acceptors (Lipinski definition) is 2. The molecule has 0 saturated heterocycles. The highest BCUT2D eigenvalue weighted by Crippen LogP contribution is 2.40. The van der Waals surface area contributed by atoms with Gasteiger partial charge in [-0.05, 0) is 44.9 Å². The molecule has 0 amide bonds. The molecule has 1 heterocycles. The van der Waals surface area contributed by atoms with E-state index in [1.807, 2.05) is 13.1 Å². The first-order valence-electron chi connectivity index (χ1n) is 9.30. The molecule has 23 heavy (non-hydrogen) atoms. The van der Waals surface area contributed by atoms with E-state index in [1.165, 1.54) is 44.9 Å². The van der Waals surface area contributed by atoms with Crippen LogP contribution in [0.2, 0.25) is 0 Å². The van der Waals surface area contributed by atoms with E-state index in [0.29, 0.717) is 12.6 Å². The van der Waals surface area contributed by atoms with Gasteiger partial charge in [-0.15, -0.1) is 0 Å². The quantitative estimate of drug-likeness (QED) is 0.590. The van der Waals surface area contributed by atoms with Crippen molar-refractivity contribution in [2.75, 3.05) is 6.54 Å². The van der Waals surface area contributed by atoms with Crippen molar-refractivity contribution in [3.05, 3.63) is 17.5 Å². The molecule has 1 aromatic heterocycles. The lowest BCUT2D eigenvalue weighted by Crippen LogP contribution is -2.46. The summed E-state index contributed by atoms with van der Waals surface area (Å²) in [5, 5.41) is 14.1. The fourth-order valence-electron chi connectivity index (χ4n) is 4.22. The highest BCUT2D eigenvalue weighted by molar-refractivity contribution is 5.80. The van der Waals surface area contributed by atoms with E-state index < -0.39 is 0 Å². The van der Waals surface area contributed by atoms with Gasteiger partial charge in [0.1, 0.15) is 0 Å². The fourth-order valence-corrected chi connectivity index (χ4v) is 4.22. The summed E-state index contributed by atoms with van der Waals surface area (Å²) in [4.78, 5) is 4.75. The summed E-state index contributed by atoms with van der Waals surface area (Å²) in [6.07, 6.45) is 11.7. The number of rotatable bonds is 4. The standard InChI is InChI=1S/C18H31N5/c1-3-19-18(20-11-16-12-21-23-13(16)2)22-17-9-8-14-6-4-5-7-15(14)10-17/h12,14-15,17H,3-11H2,1-2H3,(H,21,23)(H2,19,20,22). The summed E-state index contributed by atoms with van der Waals surface area (Å²) >= 11 is 0. The summed E-state index contributed by atoms with van der Waals surface area (Å²) in [6, 6.07) is 0.581. The molecule has 2 aliphatic carbocycles. The minimum absolute atomic E-state index is 0.581. The second kappa shape index (κ2) is 7.84. The van der Waals surface area contributed by atoms with Crippen LogP contribution in [0.1, 0.15) is 63.1 Å². The number of H-pyrrole nitrogens is 1. The predicted molar refractivity (Wildman–Crippen MR) is 94.4 cm³/mol. The van der Waals surface area contributed by atoms with Gasteiger partial charge < -0.3 is 10.6 Å². The van der Waals surface area contributed by atoms with Gasteiger partial charge >= 0.3 is 0 Å². The molecule has 0 radical (unpaired) electrons. The van der Waals surface area contributed by atoms with Crippen LogP contribution in [0.15, 0.2) is 11.2 Å². The van der Waals surface area contributed by atoms with Gasteiger partial charge in [-0.3, -0.25) is 5.10 Å². The minimum atomic E-state index is 0.581. The third-order valence-corrected chi connectivity index (χ3v) is 5.57. The summed E-state index contributed by atoms with van der Waals surface area (Å²) in [7, 11) is 0. The zero-order chi connectivity index (χ0) is 16.1. The molecule has 3 rings (SSSR count). The lowest BCUT2D eigenvalue weighted by atomic mass is 9.69. The predicted octanol–water partition coefficient (Wildman–Crippen LogP) is 3.13. The van der Waals surface area contributed by atoms with E-state index in [4.69, 9.17) is 4.99 Å². The molecule has 3 unspecified atom stereocenters. The maximum atomic E-state index is 4.75. The van der Waals surface area contributed by atoms with Gasteiger partial charge in [-0.25, -0.2) is 4.99 Å². The second-order valence-electron chi connectivity index (χ2n) is 7.17. The number of fused-ring (bicyclic) bond motifs is 1. The molecule has 0 aromatic carbocycles. The van der Waals surface area contributed by atoms with Crippen LogP contribution in [0.4, 0.5) is 0 Å². The Morgan fingerprint density at radius 3 is 2.83 bits per heavy atom. The lowest BCUT2D eigenvalue weighted by molar-refractivity contribution is 0.150. The molecule has 2 saturated carbocycles. The molecule has 0 bridgehead atoms. The number of aromatic nitrogens is 2. The molecule has 5 heteroatoms. The number of guanidine groups is 1. The molecule has 3 N–H and O–H groups in total. The van der Waals surface area contributed by atoms with Crippen molar-refractivity contribution in [3.8, 4) is 0 Å². The summed E-state index contributed by atoms with van der Waals surface area (Å²) < 4.78 is 0. The first-order valence-corrected chi connectivity index (χ1v) is 9.30. The van der Waals surface area contributed by atoms with Crippen molar-refractivity contribution < 1.29 is 0 Å². The van der Waals surface area contributed by atoms with Gasteiger partial charge in [0.2, 0.25) is 0 Å². The highest BCUT2D eigenvalue weighted by Gasteiger charge is 2.32. The van der Waals surface area contributed by atoms with Crippen LogP contribution >= 0.6 is 0 Å². The van der Waals surface area contributed by atoms with Crippen molar-refractivity contribution in [1.82, 2.24) is 20.8 Å². The number of aryl methyl sites for hydroxylation is 1. The van der Waals surface area contributed by atoms with E-state index in [9.17, 15) is 0 Å². The number of nitrogens with zero attached hydrogens (tertiary/aromatic N) is 2. The highest BCUT2D eigenvalue weighted by atomic mass is 15.2. The van der Waals surface area contributed by atoms with Crippen molar-refractivity contribution in [1.29, 1.82) is 0 Å². The molecule has 1 aromatic rings. The van der Waals surface area contributed by atoms with E-state index >= 15 is 0 Å². The van der Waals surface area contributed by atoms with Crippen LogP contribution in [-0.4, -0.2) is 28.7 Å². The topological polar surface area (TPSA) is 65.1 Å². The summed E-state index contributed by atoms with van der Waals surface area (Å²) in [5.41, 5.74) is 2.27. The molecule has 0 aliphatic heterocycles. The Balaban J connectivity index is 1.57. The minimum Gasteiger partial charge on any atom is -0.357 e. The smallest absolute Gasteiger partial charge is 0.191 e. The van der Waals surface area contributed by atoms with Gasteiger partial charge in [0.25, 0.3) is 0 Å². The van der Waals surface area contributed by atoms with Crippen molar-refractivity contribution >= 4 is 5.96 Å². The van der Waals surface area contributed by atoms with Crippen LogP contribution in [0.5, 0.6) is 0 Å². The lowest BCUT2D eigenvalue weighted by Gasteiger charge is -2.39. The first-order chi connectivity index (χ1) is 11.3. The maximum absolute atomic E-state index is 4.75. The first kappa shape index (κ1) is 16.3. The Labute approximate surface area is 139 Å². The van der Waals surface area contributed by atoms with Gasteiger partial charge in [0.05, 0.1) is 12.7 Å². The fraction of sp³-hybridized carbons (Fsp3) is 0.778. The zero-order valence-corrected chi connectivity index (χ0v) is 14.6. The Morgan fingerprint density at radius 1 is 1.26 bits per heavy atom. The van der Waals surface area contributed by atoms with Crippen LogP contribution in [-0.2, 0) is 6.54 Å². The van der Waals surface area contributed by atoms with Crippen LogP contribution < -0.4 is 10.6 Å². The maximum Gasteiger partial charge on any atom is 0.191 e. The normalized spacial score (nSPS) is 28.3. The van der Waals surface area contributed by atoms with Crippen LogP contribution in [0, 0.1) is 18.8 Å². The Morgan fingerprint density at radius 2 is 2.09 bits per heavy atom. The molecular formula is C18H31N5. The second-order valence-corrected chi connectivity index (χ2v) is 7.17. The van der Waals surface area contributed by atoms with E-state index in [1.54, 1.807) is 0 Å². The molecule has 2 aliphatic rings. The summed E-state index contributed by atoms with van der Waals surface area (Å²) in [6.45, 7) is 5.74. The monoisotopic (exact) mass is 317 g/mol. The number of aromatic amines is 1. The number of nitrogens with one attached hydrogen (secondary N) is 3. The number of hydrogen-bond donors (Lipinski definition) is 3. The van der Waals surface area contributed by atoms with E-state index in [2.05, 4.69) is 27.8 Å². The number of aliphatic imine (C=N–C) groups is 1. The van der Waals surface area contributed by atoms with Crippen molar-refractivity contribution in [3.63, 3.8) is 0 Å². The summed E-state index contributed by atoms with van der Waals surface area (Å²) in [5.74, 6) is 2.89. The average molecular weight is 317 g/mol. The Bertz CT molecular complexity index is 521. The third kappa shape index (κ3) is 4.27. The molecule has 3 atom stereocenters. The van der Waals surface area contributed by atoms with E-state index in [-0.39, 0.29) is 0 Å². The third-order valence-electron chi connectivity index (χ3n) is 5.57. The molecule has 2 fully saturated rings. The largest absolute Gasteiger partial charge is 0.357 e. The molecule has 128 valence electrons. The van der Waals surface area contributed by atoms with Gasteiger partial charge in [0.15, 0.2) is 5.96 Å². The molecule has 5 nitrogen and oxygen atoms in total. The van der Waals surface area contributed by atoms with E-state index in [0.717, 1.165) is 35.6 Å². The van der Waals surface area contributed by atoms with Gasteiger partial charge in [-0.2, -0.15) is 5.10 Å². The Hall–Kier alpha value is -1.52. The average Bonchev–Trinajstić information content (AvgIpc) is 2.98. The van der Waals surface area contributed by atoms with Crippen molar-refractivity contribution in [2.45, 2.75) is 71.4 Å². The molecule has 0 spiro atoms. The Kier molecular flexibility index (Phi) is 5.57. The van der Waals surface area contributed by atoms with Crippen LogP contribution in [0.25, 0.3) is 0 Å². The van der Waals surface area contributed by atoms with Crippen LogP contribution in [0.3, 0.4) is 0 Å². The SMILES string of the molecule is CCNC(=NCc1cn[nH]c1C)NC1CCC2CCCCC2C1. The zero-order valence-electron chi connectivity index (χ0n) is 14.6.